The van der Waals surface area contributed by atoms with E-state index in [1.165, 1.54) is 0 Å². The zero-order valence-electron chi connectivity index (χ0n) is 10.7. The van der Waals surface area contributed by atoms with E-state index in [4.69, 9.17) is 15.2 Å². The third-order valence-corrected chi connectivity index (χ3v) is 2.81. The molecule has 4 heteroatoms. The summed E-state index contributed by atoms with van der Waals surface area (Å²) in [7, 11) is 3.25. The molecule has 2 aromatic rings. The molecule has 0 atom stereocenters. The fourth-order valence-corrected chi connectivity index (χ4v) is 1.73. The Balaban J connectivity index is 2.52. The number of aromatic nitrogens is 1. The van der Waals surface area contributed by atoms with Crippen LogP contribution in [0.4, 0.5) is 5.69 Å². The summed E-state index contributed by atoms with van der Waals surface area (Å²) in [5.74, 6) is 1.48. The lowest BCUT2D eigenvalue weighted by Crippen LogP contribution is -1.96. The molecule has 0 radical (unpaired) electrons. The maximum atomic E-state index is 5.77. The number of pyridine rings is 1. The number of benzene rings is 1. The van der Waals surface area contributed by atoms with E-state index in [0.29, 0.717) is 5.69 Å². The van der Waals surface area contributed by atoms with Crippen LogP contribution in [0.15, 0.2) is 30.3 Å². The van der Waals surface area contributed by atoms with Crippen LogP contribution in [0.1, 0.15) is 5.69 Å². The van der Waals surface area contributed by atoms with Crippen molar-refractivity contribution in [2.45, 2.75) is 6.92 Å². The van der Waals surface area contributed by atoms with Gasteiger partial charge in [0.15, 0.2) is 0 Å². The Bertz CT molecular complexity index is 568. The first-order chi connectivity index (χ1) is 8.65. The highest BCUT2D eigenvalue weighted by atomic mass is 16.5. The SMILES string of the molecule is COc1ccc(-c2ccc(N)c(C)n2)c(OC)c1. The highest BCUT2D eigenvalue weighted by molar-refractivity contribution is 5.69. The third kappa shape index (κ3) is 2.22. The molecule has 1 aromatic heterocycles. The monoisotopic (exact) mass is 244 g/mol. The zero-order valence-corrected chi connectivity index (χ0v) is 10.7. The first-order valence-electron chi connectivity index (χ1n) is 5.61. The largest absolute Gasteiger partial charge is 0.497 e. The molecular formula is C14H16N2O2. The van der Waals surface area contributed by atoms with E-state index in [1.807, 2.05) is 37.3 Å². The average Bonchev–Trinajstić information content (AvgIpc) is 2.41. The van der Waals surface area contributed by atoms with Gasteiger partial charge in [-0.3, -0.25) is 4.98 Å². The third-order valence-electron chi connectivity index (χ3n) is 2.81. The fraction of sp³-hybridized carbons (Fsp3) is 0.214. The smallest absolute Gasteiger partial charge is 0.131 e. The van der Waals surface area contributed by atoms with Crippen LogP contribution in [0.5, 0.6) is 11.5 Å². The summed E-state index contributed by atoms with van der Waals surface area (Å²) in [6, 6.07) is 9.37. The summed E-state index contributed by atoms with van der Waals surface area (Å²) in [5.41, 5.74) is 9.02. The molecule has 94 valence electrons. The lowest BCUT2D eigenvalue weighted by molar-refractivity contribution is 0.395. The molecule has 0 bridgehead atoms. The molecule has 0 fully saturated rings. The highest BCUT2D eigenvalue weighted by Crippen LogP contribution is 2.32. The number of anilines is 1. The maximum Gasteiger partial charge on any atom is 0.131 e. The molecule has 0 amide bonds. The number of nitrogens with zero attached hydrogens (tertiary/aromatic N) is 1. The number of aryl methyl sites for hydroxylation is 1. The van der Waals surface area contributed by atoms with Crippen molar-refractivity contribution in [3.63, 3.8) is 0 Å². The Morgan fingerprint density at radius 3 is 2.44 bits per heavy atom. The molecule has 1 heterocycles. The Labute approximate surface area is 106 Å². The molecule has 0 aliphatic heterocycles. The van der Waals surface area contributed by atoms with E-state index in [-0.39, 0.29) is 0 Å². The topological polar surface area (TPSA) is 57.4 Å². The number of nitrogen functional groups attached to an aromatic ring is 1. The molecule has 18 heavy (non-hydrogen) atoms. The Morgan fingerprint density at radius 1 is 1.06 bits per heavy atom. The van der Waals surface area contributed by atoms with Crippen LogP contribution in [0, 0.1) is 6.92 Å². The van der Waals surface area contributed by atoms with Crippen LogP contribution in [-0.4, -0.2) is 19.2 Å². The predicted molar refractivity (Wildman–Crippen MR) is 71.9 cm³/mol. The first kappa shape index (κ1) is 12.2. The van der Waals surface area contributed by atoms with Crippen molar-refractivity contribution in [3.8, 4) is 22.8 Å². The molecule has 0 unspecified atom stereocenters. The number of rotatable bonds is 3. The van der Waals surface area contributed by atoms with Crippen LogP contribution >= 0.6 is 0 Å². The molecule has 4 nitrogen and oxygen atoms in total. The summed E-state index contributed by atoms with van der Waals surface area (Å²) in [6.45, 7) is 1.88. The van der Waals surface area contributed by atoms with E-state index >= 15 is 0 Å². The van der Waals surface area contributed by atoms with Crippen LogP contribution in [0.3, 0.4) is 0 Å². The van der Waals surface area contributed by atoms with Crippen LogP contribution in [0.2, 0.25) is 0 Å². The van der Waals surface area contributed by atoms with Gasteiger partial charge in [0.25, 0.3) is 0 Å². The first-order valence-corrected chi connectivity index (χ1v) is 5.61. The van der Waals surface area contributed by atoms with Gasteiger partial charge in [-0.1, -0.05) is 0 Å². The van der Waals surface area contributed by atoms with Crippen molar-refractivity contribution >= 4 is 5.69 Å². The normalized spacial score (nSPS) is 10.2. The maximum absolute atomic E-state index is 5.77. The number of methoxy groups -OCH3 is 2. The lowest BCUT2D eigenvalue weighted by atomic mass is 10.1. The standard InChI is InChI=1S/C14H16N2O2/c1-9-12(15)6-7-13(16-9)11-5-4-10(17-2)8-14(11)18-3/h4-8H,15H2,1-3H3. The second kappa shape index (κ2) is 4.96. The van der Waals surface area contributed by atoms with Gasteiger partial charge in [0, 0.05) is 11.6 Å². The van der Waals surface area contributed by atoms with E-state index < -0.39 is 0 Å². The van der Waals surface area contributed by atoms with Crippen molar-refractivity contribution < 1.29 is 9.47 Å². The van der Waals surface area contributed by atoms with Crippen molar-refractivity contribution in [2.75, 3.05) is 20.0 Å². The van der Waals surface area contributed by atoms with Gasteiger partial charge in [0.2, 0.25) is 0 Å². The van der Waals surface area contributed by atoms with E-state index in [0.717, 1.165) is 28.5 Å². The number of hydrogen-bond donors (Lipinski definition) is 1. The molecular weight excluding hydrogens is 228 g/mol. The summed E-state index contributed by atoms with van der Waals surface area (Å²) in [5, 5.41) is 0. The summed E-state index contributed by atoms with van der Waals surface area (Å²) >= 11 is 0. The number of hydrogen-bond acceptors (Lipinski definition) is 4. The minimum Gasteiger partial charge on any atom is -0.497 e. The van der Waals surface area contributed by atoms with Crippen LogP contribution < -0.4 is 15.2 Å². The van der Waals surface area contributed by atoms with Gasteiger partial charge in [-0.15, -0.1) is 0 Å². The minimum atomic E-state index is 0.686. The highest BCUT2D eigenvalue weighted by Gasteiger charge is 2.09. The zero-order chi connectivity index (χ0) is 13.1. The van der Waals surface area contributed by atoms with Gasteiger partial charge in [0.1, 0.15) is 11.5 Å². The van der Waals surface area contributed by atoms with E-state index in [1.54, 1.807) is 14.2 Å². The molecule has 2 rings (SSSR count). The molecule has 0 saturated carbocycles. The van der Waals surface area contributed by atoms with Crippen molar-refractivity contribution in [1.29, 1.82) is 0 Å². The number of ether oxygens (including phenoxy) is 2. The predicted octanol–water partition coefficient (Wildman–Crippen LogP) is 2.66. The Morgan fingerprint density at radius 2 is 1.83 bits per heavy atom. The van der Waals surface area contributed by atoms with E-state index in [2.05, 4.69) is 4.98 Å². The Kier molecular flexibility index (Phi) is 3.37. The number of nitrogens with two attached hydrogens (primary N) is 1. The average molecular weight is 244 g/mol. The van der Waals surface area contributed by atoms with Gasteiger partial charge in [-0.2, -0.15) is 0 Å². The van der Waals surface area contributed by atoms with Gasteiger partial charge >= 0.3 is 0 Å². The Hall–Kier alpha value is -2.23. The quantitative estimate of drug-likeness (QED) is 0.901. The molecule has 0 aliphatic rings. The second-order valence-corrected chi connectivity index (χ2v) is 3.94. The van der Waals surface area contributed by atoms with Crippen molar-refractivity contribution in [2.24, 2.45) is 0 Å². The van der Waals surface area contributed by atoms with Gasteiger partial charge < -0.3 is 15.2 Å². The van der Waals surface area contributed by atoms with Gasteiger partial charge in [-0.25, -0.2) is 0 Å². The van der Waals surface area contributed by atoms with Crippen molar-refractivity contribution in [1.82, 2.24) is 4.98 Å². The molecule has 1 aromatic carbocycles. The van der Waals surface area contributed by atoms with Crippen LogP contribution in [0.25, 0.3) is 11.3 Å². The molecule has 2 N–H and O–H groups in total. The van der Waals surface area contributed by atoms with Crippen molar-refractivity contribution in [3.05, 3.63) is 36.0 Å². The minimum absolute atomic E-state index is 0.686. The van der Waals surface area contributed by atoms with Gasteiger partial charge in [0.05, 0.1) is 31.3 Å². The molecule has 0 saturated heterocycles. The summed E-state index contributed by atoms with van der Waals surface area (Å²) < 4.78 is 10.5. The van der Waals surface area contributed by atoms with E-state index in [9.17, 15) is 0 Å². The van der Waals surface area contributed by atoms with Crippen LogP contribution in [-0.2, 0) is 0 Å². The molecule has 0 aliphatic carbocycles. The fourth-order valence-electron chi connectivity index (χ4n) is 1.73. The lowest BCUT2D eigenvalue weighted by Gasteiger charge is -2.11. The summed E-state index contributed by atoms with van der Waals surface area (Å²) in [6.07, 6.45) is 0. The molecule has 0 spiro atoms. The summed E-state index contributed by atoms with van der Waals surface area (Å²) in [4.78, 5) is 4.46. The van der Waals surface area contributed by atoms with Gasteiger partial charge in [-0.05, 0) is 31.2 Å². The second-order valence-electron chi connectivity index (χ2n) is 3.94.